The molecule has 2 unspecified atom stereocenters. The molecule has 2 radical (unpaired) electrons. The average Bonchev–Trinajstić information content (AvgIpc) is 2.64. The van der Waals surface area contributed by atoms with Gasteiger partial charge in [-0.2, -0.15) is 11.8 Å². The van der Waals surface area contributed by atoms with Gasteiger partial charge in [0.15, 0.2) is 0 Å². The lowest BCUT2D eigenvalue weighted by Gasteiger charge is -2.23. The van der Waals surface area contributed by atoms with Crippen molar-refractivity contribution < 1.29 is 0 Å². The monoisotopic (exact) mass is 358 g/mol. The van der Waals surface area contributed by atoms with E-state index in [4.69, 9.17) is 7.85 Å². The van der Waals surface area contributed by atoms with Gasteiger partial charge in [-0.25, -0.2) is 0 Å². The van der Waals surface area contributed by atoms with Crippen molar-refractivity contribution in [2.24, 2.45) is 0 Å². The molecule has 0 amide bonds. The molecule has 0 aliphatic heterocycles. The molecule has 1 rings (SSSR count). The number of unbranched alkanes of at least 4 members (excludes halogenated alkanes) is 8. The average molecular weight is 358 g/mol. The van der Waals surface area contributed by atoms with Crippen molar-refractivity contribution in [3.05, 3.63) is 35.4 Å². The van der Waals surface area contributed by atoms with E-state index in [-0.39, 0.29) is 5.82 Å². The molecule has 25 heavy (non-hydrogen) atoms. The Kier molecular flexibility index (Phi) is 13.4. The van der Waals surface area contributed by atoms with Crippen molar-refractivity contribution in [2.45, 2.75) is 102 Å². The third kappa shape index (κ3) is 9.22. The van der Waals surface area contributed by atoms with E-state index in [9.17, 15) is 0 Å². The van der Waals surface area contributed by atoms with Crippen LogP contribution >= 0.6 is 11.8 Å². The molecule has 0 bridgehead atoms. The number of benzene rings is 1. The molecule has 0 heterocycles. The summed E-state index contributed by atoms with van der Waals surface area (Å²) in [4.78, 5) is 0. The minimum atomic E-state index is 0.201. The Morgan fingerprint density at radius 2 is 1.28 bits per heavy atom. The summed E-state index contributed by atoms with van der Waals surface area (Å²) in [6.45, 7) is 4.55. The molecule has 0 N–H and O–H groups in total. The summed E-state index contributed by atoms with van der Waals surface area (Å²) < 4.78 is 0. The fourth-order valence-electron chi connectivity index (χ4n) is 3.60. The second-order valence-electron chi connectivity index (χ2n) is 7.37. The number of hydrogen-bond donors (Lipinski definition) is 0. The first-order valence-corrected chi connectivity index (χ1v) is 11.9. The standard InChI is InChI=1S/C23H39BS/c1-4-6-8-10-12-18-22(24)20-16-14-15-17-21(20)23(25-3)19-13-11-9-7-5-2/h14-17,22-23H,4-13,18-19H2,1-3H3. The largest absolute Gasteiger partial charge is 0.157 e. The smallest absolute Gasteiger partial charge is 0.0763 e. The van der Waals surface area contributed by atoms with Crippen LogP contribution < -0.4 is 0 Å². The summed E-state index contributed by atoms with van der Waals surface area (Å²) in [5, 5.41) is 0.601. The summed E-state index contributed by atoms with van der Waals surface area (Å²) in [6, 6.07) is 8.94. The van der Waals surface area contributed by atoms with Crippen molar-refractivity contribution in [1.82, 2.24) is 0 Å². The van der Waals surface area contributed by atoms with Crippen LogP contribution in [-0.2, 0) is 0 Å². The van der Waals surface area contributed by atoms with E-state index in [0.717, 1.165) is 6.42 Å². The number of hydrogen-bond acceptors (Lipinski definition) is 1. The van der Waals surface area contributed by atoms with Crippen LogP contribution in [0.25, 0.3) is 0 Å². The Bertz CT molecular complexity index is 432. The quantitative estimate of drug-likeness (QED) is 0.226. The Morgan fingerprint density at radius 1 is 0.760 bits per heavy atom. The highest BCUT2D eigenvalue weighted by Crippen LogP contribution is 2.37. The molecule has 0 spiro atoms. The highest BCUT2D eigenvalue weighted by atomic mass is 32.2. The van der Waals surface area contributed by atoms with Gasteiger partial charge in [0.05, 0.1) is 7.85 Å². The lowest BCUT2D eigenvalue weighted by Crippen LogP contribution is -2.06. The third-order valence-electron chi connectivity index (χ3n) is 5.22. The lowest BCUT2D eigenvalue weighted by molar-refractivity contribution is 0.592. The minimum Gasteiger partial charge on any atom is -0.157 e. The number of rotatable bonds is 15. The highest BCUT2D eigenvalue weighted by Gasteiger charge is 2.17. The predicted molar refractivity (Wildman–Crippen MR) is 118 cm³/mol. The highest BCUT2D eigenvalue weighted by molar-refractivity contribution is 7.98. The van der Waals surface area contributed by atoms with Crippen LogP contribution in [0.2, 0.25) is 0 Å². The van der Waals surface area contributed by atoms with Crippen molar-refractivity contribution >= 4 is 19.6 Å². The van der Waals surface area contributed by atoms with Crippen molar-refractivity contribution in [3.8, 4) is 0 Å². The van der Waals surface area contributed by atoms with Crippen molar-refractivity contribution in [2.75, 3.05) is 6.26 Å². The summed E-state index contributed by atoms with van der Waals surface area (Å²) in [7, 11) is 6.59. The van der Waals surface area contributed by atoms with Gasteiger partial charge in [-0.05, 0) is 23.8 Å². The van der Waals surface area contributed by atoms with E-state index in [1.807, 2.05) is 11.8 Å². The Hall–Kier alpha value is -0.365. The molecule has 0 aliphatic carbocycles. The maximum atomic E-state index is 6.59. The molecule has 0 fully saturated rings. The van der Waals surface area contributed by atoms with E-state index >= 15 is 0 Å². The van der Waals surface area contributed by atoms with Gasteiger partial charge in [-0.3, -0.25) is 0 Å². The van der Waals surface area contributed by atoms with E-state index in [1.54, 1.807) is 0 Å². The van der Waals surface area contributed by atoms with Gasteiger partial charge in [-0.1, -0.05) is 115 Å². The minimum absolute atomic E-state index is 0.201. The third-order valence-corrected chi connectivity index (χ3v) is 6.27. The summed E-state index contributed by atoms with van der Waals surface area (Å²) >= 11 is 2.00. The van der Waals surface area contributed by atoms with Gasteiger partial charge in [0, 0.05) is 5.25 Å². The zero-order valence-electron chi connectivity index (χ0n) is 16.9. The van der Waals surface area contributed by atoms with E-state index in [0.29, 0.717) is 5.25 Å². The van der Waals surface area contributed by atoms with Crippen molar-refractivity contribution in [3.63, 3.8) is 0 Å². The molecule has 2 atom stereocenters. The normalized spacial score (nSPS) is 13.7. The molecule has 0 aliphatic rings. The van der Waals surface area contributed by atoms with E-state index in [1.165, 1.54) is 81.8 Å². The lowest BCUT2D eigenvalue weighted by atomic mass is 9.75. The first-order valence-electron chi connectivity index (χ1n) is 10.6. The predicted octanol–water partition coefficient (Wildman–Crippen LogP) is 8.02. The summed E-state index contributed by atoms with van der Waals surface area (Å²) in [6.07, 6.45) is 18.1. The van der Waals surface area contributed by atoms with Crippen LogP contribution in [0.3, 0.4) is 0 Å². The Morgan fingerprint density at radius 3 is 1.84 bits per heavy atom. The van der Waals surface area contributed by atoms with Gasteiger partial charge in [0.25, 0.3) is 0 Å². The molecule has 0 saturated carbocycles. The fourth-order valence-corrected chi connectivity index (χ4v) is 4.47. The molecule has 2 heteroatoms. The van der Waals surface area contributed by atoms with Crippen LogP contribution in [0.5, 0.6) is 0 Å². The van der Waals surface area contributed by atoms with Gasteiger partial charge in [0.1, 0.15) is 0 Å². The maximum Gasteiger partial charge on any atom is 0.0763 e. The molecule has 0 nitrogen and oxygen atoms in total. The van der Waals surface area contributed by atoms with Crippen LogP contribution in [0.1, 0.15) is 113 Å². The maximum absolute atomic E-state index is 6.59. The van der Waals surface area contributed by atoms with Crippen molar-refractivity contribution in [1.29, 1.82) is 0 Å². The molecule has 140 valence electrons. The van der Waals surface area contributed by atoms with Gasteiger partial charge in [0.2, 0.25) is 0 Å². The topological polar surface area (TPSA) is 0 Å². The van der Waals surface area contributed by atoms with Crippen LogP contribution in [0.15, 0.2) is 24.3 Å². The van der Waals surface area contributed by atoms with Crippen LogP contribution in [-0.4, -0.2) is 14.1 Å². The summed E-state index contributed by atoms with van der Waals surface area (Å²) in [5.41, 5.74) is 2.89. The van der Waals surface area contributed by atoms with E-state index in [2.05, 4.69) is 44.4 Å². The molecule has 0 aromatic heterocycles. The Balaban J connectivity index is 2.56. The van der Waals surface area contributed by atoms with Gasteiger partial charge in [-0.15, -0.1) is 0 Å². The Labute approximate surface area is 163 Å². The number of thioether (sulfide) groups is 1. The van der Waals surface area contributed by atoms with E-state index < -0.39 is 0 Å². The van der Waals surface area contributed by atoms with Crippen LogP contribution in [0.4, 0.5) is 0 Å². The first kappa shape index (κ1) is 22.7. The fraction of sp³-hybridized carbons (Fsp3) is 0.739. The van der Waals surface area contributed by atoms with Gasteiger partial charge >= 0.3 is 0 Å². The molecule has 1 aromatic rings. The SMILES string of the molecule is [B]C(CCCCCCC)c1ccccc1C(CCCCCCC)SC. The van der Waals surface area contributed by atoms with Crippen LogP contribution in [0, 0.1) is 0 Å². The molecule has 1 aromatic carbocycles. The molecular weight excluding hydrogens is 319 g/mol. The second kappa shape index (κ2) is 14.8. The molecule has 0 saturated heterocycles. The van der Waals surface area contributed by atoms with Gasteiger partial charge < -0.3 is 0 Å². The molecular formula is C23H39BS. The second-order valence-corrected chi connectivity index (χ2v) is 8.41. The summed E-state index contributed by atoms with van der Waals surface area (Å²) in [5.74, 6) is 0.201. The zero-order valence-corrected chi connectivity index (χ0v) is 17.8. The first-order chi connectivity index (χ1) is 12.2. The zero-order chi connectivity index (χ0) is 18.3.